The largest absolute Gasteiger partial charge is 0.396 e. The monoisotopic (exact) mass is 414 g/mol. The zero-order chi connectivity index (χ0) is 21.2. The average Bonchev–Trinajstić information content (AvgIpc) is 3.14. The topological polar surface area (TPSA) is 112 Å². The maximum Gasteiger partial charge on any atom is 0.396 e. The quantitative estimate of drug-likeness (QED) is 0.546. The van der Waals surface area contributed by atoms with Crippen LogP contribution in [0.4, 0.5) is 18.9 Å². The Morgan fingerprint density at radius 1 is 1.38 bits per heavy atom. The molecule has 0 bridgehead atoms. The van der Waals surface area contributed by atoms with Crippen molar-refractivity contribution in [1.82, 2.24) is 15.0 Å². The highest BCUT2D eigenvalue weighted by molar-refractivity contribution is 5.94. The fraction of sp³-hybridized carbons (Fsp3) is 0.471. The van der Waals surface area contributed by atoms with Gasteiger partial charge in [0.25, 0.3) is 17.5 Å². The van der Waals surface area contributed by atoms with Gasteiger partial charge in [0, 0.05) is 50.7 Å². The minimum atomic E-state index is -4.46. The lowest BCUT2D eigenvalue weighted by atomic mass is 9.90. The lowest BCUT2D eigenvalue weighted by Gasteiger charge is -2.38. The predicted octanol–water partition coefficient (Wildman–Crippen LogP) is 2.86. The maximum atomic E-state index is 12.7. The summed E-state index contributed by atoms with van der Waals surface area (Å²) in [4.78, 5) is 28.3. The first kappa shape index (κ1) is 20.7. The second kappa shape index (κ2) is 7.78. The number of rotatable bonds is 5. The molecular formula is C17H17F3N4O5. The molecule has 1 fully saturated rings. The van der Waals surface area contributed by atoms with Crippen LogP contribution in [0.2, 0.25) is 0 Å². The van der Waals surface area contributed by atoms with Gasteiger partial charge in [-0.15, -0.1) is 0 Å². The van der Waals surface area contributed by atoms with Gasteiger partial charge in [-0.05, 0) is 6.07 Å². The lowest BCUT2D eigenvalue weighted by molar-refractivity contribution is -0.384. The molecule has 1 aliphatic heterocycles. The van der Waals surface area contributed by atoms with Gasteiger partial charge in [-0.2, -0.15) is 18.2 Å². The Morgan fingerprint density at radius 2 is 2.07 bits per heavy atom. The number of amides is 1. The van der Waals surface area contributed by atoms with E-state index in [1.165, 1.54) is 36.3 Å². The first-order valence-electron chi connectivity index (χ1n) is 8.62. The van der Waals surface area contributed by atoms with Crippen LogP contribution in [0.1, 0.15) is 34.9 Å². The van der Waals surface area contributed by atoms with Crippen molar-refractivity contribution in [2.24, 2.45) is 0 Å². The molecule has 1 saturated heterocycles. The van der Waals surface area contributed by atoms with Crippen molar-refractivity contribution >= 4 is 11.6 Å². The Bertz CT molecular complexity index is 906. The van der Waals surface area contributed by atoms with E-state index in [4.69, 9.17) is 9.26 Å². The number of carbonyl (C=O) groups excluding carboxylic acids is 1. The summed E-state index contributed by atoms with van der Waals surface area (Å²) in [7, 11) is 1.38. The minimum absolute atomic E-state index is 0.0679. The molecule has 156 valence electrons. The molecule has 0 saturated carbocycles. The van der Waals surface area contributed by atoms with Crippen molar-refractivity contribution in [2.75, 3.05) is 20.2 Å². The number of methoxy groups -OCH3 is 1. The number of hydrogen-bond acceptors (Lipinski definition) is 7. The molecule has 1 aromatic heterocycles. The summed E-state index contributed by atoms with van der Waals surface area (Å²) in [5.74, 6) is -0.942. The van der Waals surface area contributed by atoms with Crippen LogP contribution >= 0.6 is 0 Å². The molecule has 3 rings (SSSR count). The molecular weight excluding hydrogens is 397 g/mol. The molecule has 0 aliphatic carbocycles. The number of nitro benzene ring substituents is 1. The van der Waals surface area contributed by atoms with Crippen molar-refractivity contribution < 1.29 is 32.1 Å². The van der Waals surface area contributed by atoms with Crippen LogP contribution in [-0.4, -0.2) is 52.2 Å². The van der Waals surface area contributed by atoms with E-state index < -0.39 is 28.9 Å². The number of likely N-dealkylation sites (tertiary alicyclic amines) is 1. The van der Waals surface area contributed by atoms with Crippen molar-refractivity contribution in [1.29, 1.82) is 0 Å². The van der Waals surface area contributed by atoms with Gasteiger partial charge in [0.05, 0.1) is 4.92 Å². The third kappa shape index (κ3) is 4.53. The van der Waals surface area contributed by atoms with Gasteiger partial charge in [0.2, 0.25) is 0 Å². The number of halogens is 3. The van der Waals surface area contributed by atoms with E-state index in [-0.39, 0.29) is 49.0 Å². The van der Waals surface area contributed by atoms with E-state index in [2.05, 4.69) is 10.1 Å². The van der Waals surface area contributed by atoms with Crippen LogP contribution in [0.5, 0.6) is 0 Å². The molecule has 0 spiro atoms. The van der Waals surface area contributed by atoms with Gasteiger partial charge < -0.3 is 14.2 Å². The van der Waals surface area contributed by atoms with E-state index in [9.17, 15) is 28.1 Å². The van der Waals surface area contributed by atoms with Crippen LogP contribution in [-0.2, 0) is 16.8 Å². The molecule has 1 amide bonds. The number of non-ortho nitro benzene ring substituents is 1. The maximum absolute atomic E-state index is 12.7. The number of alkyl halides is 3. The summed E-state index contributed by atoms with van der Waals surface area (Å²) in [6, 6.07) is 5.39. The van der Waals surface area contributed by atoms with Crippen LogP contribution in [0.15, 0.2) is 28.8 Å². The third-order valence-corrected chi connectivity index (χ3v) is 4.77. The Balaban J connectivity index is 1.71. The number of ether oxygens (including phenoxy) is 1. The molecule has 0 radical (unpaired) electrons. The van der Waals surface area contributed by atoms with Crippen LogP contribution in [0.25, 0.3) is 0 Å². The van der Waals surface area contributed by atoms with Gasteiger partial charge in [-0.25, -0.2) is 0 Å². The SMILES string of the molecule is COC1(c2nc(CC(F)(F)F)no2)CCN(C(=O)c2cccc([N+](=O)[O-])c2)CC1. The molecule has 0 N–H and O–H groups in total. The first-order chi connectivity index (χ1) is 13.6. The fourth-order valence-electron chi connectivity index (χ4n) is 3.20. The number of hydrogen-bond donors (Lipinski definition) is 0. The molecule has 1 aliphatic rings. The number of benzene rings is 1. The van der Waals surface area contributed by atoms with E-state index in [0.29, 0.717) is 0 Å². The van der Waals surface area contributed by atoms with Gasteiger partial charge >= 0.3 is 6.18 Å². The summed E-state index contributed by atoms with van der Waals surface area (Å²) in [5.41, 5.74) is -1.12. The summed E-state index contributed by atoms with van der Waals surface area (Å²) in [6.45, 7) is 0.401. The Kier molecular flexibility index (Phi) is 5.55. The van der Waals surface area contributed by atoms with Crippen molar-refractivity contribution in [3.8, 4) is 0 Å². The second-order valence-electron chi connectivity index (χ2n) is 6.61. The molecule has 2 heterocycles. The smallest absolute Gasteiger partial charge is 0.368 e. The molecule has 12 heteroatoms. The zero-order valence-electron chi connectivity index (χ0n) is 15.3. The zero-order valence-corrected chi connectivity index (χ0v) is 15.3. The Hall–Kier alpha value is -3.02. The molecule has 2 aromatic rings. The fourth-order valence-corrected chi connectivity index (χ4v) is 3.20. The number of nitro groups is 1. The highest BCUT2D eigenvalue weighted by atomic mass is 19.4. The van der Waals surface area contributed by atoms with Gasteiger partial charge in [0.15, 0.2) is 5.82 Å². The van der Waals surface area contributed by atoms with Crippen LogP contribution in [0.3, 0.4) is 0 Å². The van der Waals surface area contributed by atoms with Gasteiger partial charge in [0.1, 0.15) is 12.0 Å². The van der Waals surface area contributed by atoms with Gasteiger partial charge in [-0.3, -0.25) is 14.9 Å². The van der Waals surface area contributed by atoms with E-state index in [1.807, 2.05) is 0 Å². The van der Waals surface area contributed by atoms with E-state index in [0.717, 1.165) is 0 Å². The number of piperidine rings is 1. The predicted molar refractivity (Wildman–Crippen MR) is 91.0 cm³/mol. The second-order valence-corrected chi connectivity index (χ2v) is 6.61. The summed E-state index contributed by atoms with van der Waals surface area (Å²) < 4.78 is 48.0. The molecule has 0 atom stereocenters. The van der Waals surface area contributed by atoms with Crippen molar-refractivity contribution in [3.05, 3.63) is 51.7 Å². The number of carbonyl (C=O) groups is 1. The first-order valence-corrected chi connectivity index (χ1v) is 8.62. The number of nitrogens with zero attached hydrogens (tertiary/aromatic N) is 4. The van der Waals surface area contributed by atoms with Crippen LogP contribution in [0, 0.1) is 10.1 Å². The number of aromatic nitrogens is 2. The molecule has 1 aromatic carbocycles. The molecule has 9 nitrogen and oxygen atoms in total. The Morgan fingerprint density at radius 3 is 2.66 bits per heavy atom. The third-order valence-electron chi connectivity index (χ3n) is 4.77. The molecule has 29 heavy (non-hydrogen) atoms. The lowest BCUT2D eigenvalue weighted by Crippen LogP contribution is -2.46. The Labute approximate surface area is 162 Å². The highest BCUT2D eigenvalue weighted by Crippen LogP contribution is 2.36. The summed E-state index contributed by atoms with van der Waals surface area (Å²) >= 11 is 0. The van der Waals surface area contributed by atoms with Crippen molar-refractivity contribution in [2.45, 2.75) is 31.0 Å². The van der Waals surface area contributed by atoms with E-state index in [1.54, 1.807) is 0 Å². The summed E-state index contributed by atoms with van der Waals surface area (Å²) in [5, 5.41) is 14.3. The normalized spacial score (nSPS) is 16.6. The minimum Gasteiger partial charge on any atom is -0.368 e. The van der Waals surface area contributed by atoms with Gasteiger partial charge in [-0.1, -0.05) is 11.2 Å². The average molecular weight is 414 g/mol. The van der Waals surface area contributed by atoms with Crippen LogP contribution < -0.4 is 0 Å². The highest BCUT2D eigenvalue weighted by Gasteiger charge is 2.43. The standard InChI is InChI=1S/C17H17F3N4O5/c1-28-16(15-21-13(22-29-15)10-17(18,19)20)5-7-23(8-6-16)14(25)11-3-2-4-12(9-11)24(26)27/h2-4,9H,5-8,10H2,1H3. The molecule has 0 unspecified atom stereocenters. The summed E-state index contributed by atoms with van der Waals surface area (Å²) in [6.07, 6.45) is -5.33. The van der Waals surface area contributed by atoms with E-state index >= 15 is 0 Å². The van der Waals surface area contributed by atoms with Crippen molar-refractivity contribution in [3.63, 3.8) is 0 Å².